The van der Waals surface area contributed by atoms with Gasteiger partial charge in [-0.3, -0.25) is 9.78 Å². The van der Waals surface area contributed by atoms with Gasteiger partial charge in [0.15, 0.2) is 0 Å². The van der Waals surface area contributed by atoms with E-state index < -0.39 is 0 Å². The summed E-state index contributed by atoms with van der Waals surface area (Å²) < 4.78 is 0. The predicted octanol–water partition coefficient (Wildman–Crippen LogP) is 1.57. The molecule has 1 saturated heterocycles. The largest absolute Gasteiger partial charge is 0.341 e. The van der Waals surface area contributed by atoms with Crippen molar-refractivity contribution in [2.45, 2.75) is 18.9 Å². The SMILES string of the molecule is CN(C(=O)Cc1csc(-c2ccccn2)n1)C1CCNC1. The first kappa shape index (κ1) is 14.2. The topological polar surface area (TPSA) is 58.1 Å². The lowest BCUT2D eigenvalue weighted by Gasteiger charge is -2.23. The van der Waals surface area contributed by atoms with Crippen LogP contribution in [0, 0.1) is 0 Å². The molecule has 1 unspecified atom stereocenters. The Labute approximate surface area is 128 Å². The van der Waals surface area contributed by atoms with Crippen LogP contribution in [0.4, 0.5) is 0 Å². The van der Waals surface area contributed by atoms with Gasteiger partial charge < -0.3 is 10.2 Å². The molecule has 5 nitrogen and oxygen atoms in total. The average Bonchev–Trinajstić information content (AvgIpc) is 3.19. The molecule has 1 aliphatic rings. The molecule has 3 rings (SSSR count). The lowest BCUT2D eigenvalue weighted by Crippen LogP contribution is -2.39. The third-order valence-electron chi connectivity index (χ3n) is 3.74. The van der Waals surface area contributed by atoms with E-state index in [1.165, 1.54) is 11.3 Å². The Hall–Kier alpha value is -1.79. The molecule has 1 atom stereocenters. The van der Waals surface area contributed by atoms with Crippen LogP contribution in [0.3, 0.4) is 0 Å². The fourth-order valence-electron chi connectivity index (χ4n) is 2.45. The van der Waals surface area contributed by atoms with Gasteiger partial charge in [-0.05, 0) is 25.1 Å². The highest BCUT2D eigenvalue weighted by Gasteiger charge is 2.23. The molecule has 0 bridgehead atoms. The van der Waals surface area contributed by atoms with Crippen molar-refractivity contribution in [1.29, 1.82) is 0 Å². The zero-order valence-electron chi connectivity index (χ0n) is 12.0. The number of amides is 1. The van der Waals surface area contributed by atoms with Gasteiger partial charge in [0.05, 0.1) is 17.8 Å². The quantitative estimate of drug-likeness (QED) is 0.931. The number of rotatable bonds is 4. The standard InChI is InChI=1S/C15H18N4OS/c1-19(12-5-7-16-9-12)14(20)8-11-10-21-15(18-11)13-4-2-3-6-17-13/h2-4,6,10,12,16H,5,7-9H2,1H3. The first-order valence-corrected chi connectivity index (χ1v) is 7.94. The van der Waals surface area contributed by atoms with Crippen molar-refractivity contribution in [3.05, 3.63) is 35.5 Å². The van der Waals surface area contributed by atoms with Crippen molar-refractivity contribution in [2.75, 3.05) is 20.1 Å². The Kier molecular flexibility index (Phi) is 4.26. The summed E-state index contributed by atoms with van der Waals surface area (Å²) in [6, 6.07) is 6.06. The molecule has 1 aliphatic heterocycles. The summed E-state index contributed by atoms with van der Waals surface area (Å²) in [6.07, 6.45) is 3.14. The lowest BCUT2D eigenvalue weighted by molar-refractivity contribution is -0.130. The number of carbonyl (C=O) groups is 1. The Morgan fingerprint density at radius 1 is 1.52 bits per heavy atom. The zero-order valence-corrected chi connectivity index (χ0v) is 12.8. The smallest absolute Gasteiger partial charge is 0.228 e. The normalized spacial score (nSPS) is 17.9. The molecular weight excluding hydrogens is 284 g/mol. The molecule has 3 heterocycles. The molecule has 1 N–H and O–H groups in total. The van der Waals surface area contributed by atoms with Gasteiger partial charge in [0.1, 0.15) is 5.01 Å². The van der Waals surface area contributed by atoms with Gasteiger partial charge >= 0.3 is 0 Å². The van der Waals surface area contributed by atoms with Crippen LogP contribution >= 0.6 is 11.3 Å². The maximum Gasteiger partial charge on any atom is 0.228 e. The number of carbonyl (C=O) groups excluding carboxylic acids is 1. The molecule has 0 aromatic carbocycles. The van der Waals surface area contributed by atoms with Crippen molar-refractivity contribution in [1.82, 2.24) is 20.2 Å². The fraction of sp³-hybridized carbons (Fsp3) is 0.400. The summed E-state index contributed by atoms with van der Waals surface area (Å²) in [6.45, 7) is 1.88. The predicted molar refractivity (Wildman–Crippen MR) is 83.1 cm³/mol. The summed E-state index contributed by atoms with van der Waals surface area (Å²) in [5, 5.41) is 6.09. The second kappa shape index (κ2) is 6.32. The second-order valence-electron chi connectivity index (χ2n) is 5.19. The van der Waals surface area contributed by atoms with Crippen LogP contribution in [-0.2, 0) is 11.2 Å². The molecule has 1 amide bonds. The summed E-state index contributed by atoms with van der Waals surface area (Å²) in [7, 11) is 1.88. The van der Waals surface area contributed by atoms with Gasteiger partial charge in [0, 0.05) is 31.2 Å². The van der Waals surface area contributed by atoms with E-state index in [9.17, 15) is 4.79 Å². The number of hydrogen-bond acceptors (Lipinski definition) is 5. The van der Waals surface area contributed by atoms with Crippen LogP contribution < -0.4 is 5.32 Å². The Bertz CT molecular complexity index is 607. The molecule has 6 heteroatoms. The number of hydrogen-bond donors (Lipinski definition) is 1. The molecule has 21 heavy (non-hydrogen) atoms. The van der Waals surface area contributed by atoms with E-state index in [0.717, 1.165) is 35.9 Å². The molecule has 2 aromatic heterocycles. The van der Waals surface area contributed by atoms with E-state index in [0.29, 0.717) is 12.5 Å². The minimum absolute atomic E-state index is 0.126. The average molecular weight is 302 g/mol. The molecule has 2 aromatic rings. The number of thiazole rings is 1. The van der Waals surface area contributed by atoms with Crippen LogP contribution in [0.15, 0.2) is 29.8 Å². The van der Waals surface area contributed by atoms with Gasteiger partial charge in [-0.1, -0.05) is 6.07 Å². The van der Waals surface area contributed by atoms with Crippen molar-refractivity contribution in [3.8, 4) is 10.7 Å². The number of aromatic nitrogens is 2. The minimum atomic E-state index is 0.126. The Morgan fingerprint density at radius 2 is 2.43 bits per heavy atom. The molecule has 0 spiro atoms. The molecule has 110 valence electrons. The van der Waals surface area contributed by atoms with Gasteiger partial charge in [-0.25, -0.2) is 4.98 Å². The zero-order chi connectivity index (χ0) is 14.7. The minimum Gasteiger partial charge on any atom is -0.341 e. The van der Waals surface area contributed by atoms with Crippen LogP contribution in [0.2, 0.25) is 0 Å². The van der Waals surface area contributed by atoms with Gasteiger partial charge in [0.25, 0.3) is 0 Å². The highest BCUT2D eigenvalue weighted by molar-refractivity contribution is 7.13. The third kappa shape index (κ3) is 3.28. The molecule has 1 fully saturated rings. The number of likely N-dealkylation sites (N-methyl/N-ethyl adjacent to an activating group) is 1. The van der Waals surface area contributed by atoms with E-state index in [4.69, 9.17) is 0 Å². The van der Waals surface area contributed by atoms with Gasteiger partial charge in [0.2, 0.25) is 5.91 Å². The Morgan fingerprint density at radius 3 is 3.14 bits per heavy atom. The Balaban J connectivity index is 1.65. The third-order valence-corrected chi connectivity index (χ3v) is 4.66. The van der Waals surface area contributed by atoms with Crippen LogP contribution in [0.5, 0.6) is 0 Å². The highest BCUT2D eigenvalue weighted by Crippen LogP contribution is 2.22. The van der Waals surface area contributed by atoms with E-state index in [2.05, 4.69) is 15.3 Å². The number of nitrogens with one attached hydrogen (secondary N) is 1. The summed E-state index contributed by atoms with van der Waals surface area (Å²) in [4.78, 5) is 22.9. The lowest BCUT2D eigenvalue weighted by atomic mass is 10.2. The number of nitrogens with zero attached hydrogens (tertiary/aromatic N) is 3. The highest BCUT2D eigenvalue weighted by atomic mass is 32.1. The van der Waals surface area contributed by atoms with Gasteiger partial charge in [-0.2, -0.15) is 0 Å². The van der Waals surface area contributed by atoms with Crippen LogP contribution in [0.25, 0.3) is 10.7 Å². The van der Waals surface area contributed by atoms with Crippen molar-refractivity contribution in [3.63, 3.8) is 0 Å². The first-order valence-electron chi connectivity index (χ1n) is 7.06. The molecular formula is C15H18N4OS. The van der Waals surface area contributed by atoms with Crippen LogP contribution in [0.1, 0.15) is 12.1 Å². The monoisotopic (exact) mass is 302 g/mol. The van der Waals surface area contributed by atoms with Gasteiger partial charge in [-0.15, -0.1) is 11.3 Å². The van der Waals surface area contributed by atoms with E-state index >= 15 is 0 Å². The number of pyridine rings is 1. The van der Waals surface area contributed by atoms with Crippen molar-refractivity contribution < 1.29 is 4.79 Å². The fourth-order valence-corrected chi connectivity index (χ4v) is 3.24. The van der Waals surface area contributed by atoms with E-state index in [1.807, 2.05) is 35.5 Å². The van der Waals surface area contributed by atoms with E-state index in [-0.39, 0.29) is 5.91 Å². The maximum atomic E-state index is 12.3. The van der Waals surface area contributed by atoms with E-state index in [1.54, 1.807) is 6.20 Å². The summed E-state index contributed by atoms with van der Waals surface area (Å²) in [5.41, 5.74) is 1.68. The summed E-state index contributed by atoms with van der Waals surface area (Å²) in [5.74, 6) is 0.126. The maximum absolute atomic E-state index is 12.3. The van der Waals surface area contributed by atoms with Crippen molar-refractivity contribution in [2.24, 2.45) is 0 Å². The summed E-state index contributed by atoms with van der Waals surface area (Å²) >= 11 is 1.53. The molecule has 0 radical (unpaired) electrons. The van der Waals surface area contributed by atoms with Crippen molar-refractivity contribution >= 4 is 17.2 Å². The van der Waals surface area contributed by atoms with Crippen LogP contribution in [-0.4, -0.2) is 47.0 Å². The molecule has 0 aliphatic carbocycles. The first-order chi connectivity index (χ1) is 10.2. The molecule has 0 saturated carbocycles. The second-order valence-corrected chi connectivity index (χ2v) is 6.05.